The van der Waals surface area contributed by atoms with Gasteiger partial charge in [-0.15, -0.1) is 0 Å². The number of esters is 1. The van der Waals surface area contributed by atoms with Crippen molar-refractivity contribution in [1.29, 1.82) is 0 Å². The SMILES string of the molecule is COC(=O)c1ccc(Cn2cccc(C(F)(F)F)c2=O)c(OC)c1. The molecule has 2 rings (SSSR count). The van der Waals surface area contributed by atoms with E-state index in [1.165, 1.54) is 38.6 Å². The third-order valence-electron chi connectivity index (χ3n) is 3.37. The quantitative estimate of drug-likeness (QED) is 0.803. The Labute approximate surface area is 135 Å². The molecule has 0 saturated carbocycles. The van der Waals surface area contributed by atoms with Gasteiger partial charge in [0, 0.05) is 11.8 Å². The van der Waals surface area contributed by atoms with Crippen molar-refractivity contribution >= 4 is 5.97 Å². The Bertz CT molecular complexity index is 812. The number of aromatic nitrogens is 1. The fraction of sp³-hybridized carbons (Fsp3) is 0.250. The zero-order valence-corrected chi connectivity index (χ0v) is 12.9. The fourth-order valence-electron chi connectivity index (χ4n) is 2.18. The highest BCUT2D eigenvalue weighted by atomic mass is 19.4. The molecule has 0 aliphatic heterocycles. The van der Waals surface area contributed by atoms with Crippen LogP contribution in [0.2, 0.25) is 0 Å². The van der Waals surface area contributed by atoms with Gasteiger partial charge in [-0.2, -0.15) is 13.2 Å². The smallest absolute Gasteiger partial charge is 0.421 e. The second kappa shape index (κ2) is 6.77. The van der Waals surface area contributed by atoms with Crippen molar-refractivity contribution in [3.8, 4) is 5.75 Å². The van der Waals surface area contributed by atoms with Crippen LogP contribution in [-0.4, -0.2) is 24.8 Å². The highest BCUT2D eigenvalue weighted by Gasteiger charge is 2.34. The summed E-state index contributed by atoms with van der Waals surface area (Å²) in [5.41, 5.74) is -1.71. The Balaban J connectivity index is 2.42. The maximum atomic E-state index is 12.8. The Morgan fingerprint density at radius 1 is 1.21 bits per heavy atom. The van der Waals surface area contributed by atoms with Crippen LogP contribution in [0.5, 0.6) is 5.75 Å². The second-order valence-corrected chi connectivity index (χ2v) is 4.87. The fourth-order valence-corrected chi connectivity index (χ4v) is 2.18. The normalized spacial score (nSPS) is 11.2. The average molecular weight is 341 g/mol. The number of hydrogen-bond acceptors (Lipinski definition) is 4. The van der Waals surface area contributed by atoms with Crippen molar-refractivity contribution < 1.29 is 27.4 Å². The first-order chi connectivity index (χ1) is 11.3. The lowest BCUT2D eigenvalue weighted by Gasteiger charge is -2.13. The van der Waals surface area contributed by atoms with E-state index in [-0.39, 0.29) is 17.9 Å². The zero-order chi connectivity index (χ0) is 17.9. The van der Waals surface area contributed by atoms with E-state index in [9.17, 15) is 22.8 Å². The van der Waals surface area contributed by atoms with E-state index in [4.69, 9.17) is 4.74 Å². The molecule has 0 unspecified atom stereocenters. The Hall–Kier alpha value is -2.77. The van der Waals surface area contributed by atoms with E-state index in [1.807, 2.05) is 0 Å². The molecule has 0 aliphatic carbocycles. The first-order valence-electron chi connectivity index (χ1n) is 6.79. The van der Waals surface area contributed by atoms with E-state index in [2.05, 4.69) is 4.74 Å². The topological polar surface area (TPSA) is 57.5 Å². The van der Waals surface area contributed by atoms with E-state index in [0.717, 1.165) is 16.7 Å². The molecule has 0 aliphatic rings. The predicted octanol–water partition coefficient (Wildman–Crippen LogP) is 2.71. The van der Waals surface area contributed by atoms with Crippen LogP contribution in [-0.2, 0) is 17.5 Å². The van der Waals surface area contributed by atoms with Gasteiger partial charge < -0.3 is 14.0 Å². The van der Waals surface area contributed by atoms with Crippen molar-refractivity contribution in [3.05, 3.63) is 63.6 Å². The van der Waals surface area contributed by atoms with Gasteiger partial charge in [-0.3, -0.25) is 4.79 Å². The van der Waals surface area contributed by atoms with Gasteiger partial charge in [0.2, 0.25) is 0 Å². The molecular formula is C16H14F3NO4. The van der Waals surface area contributed by atoms with Crippen LogP contribution in [0.25, 0.3) is 0 Å². The van der Waals surface area contributed by atoms with Crippen LogP contribution in [0.3, 0.4) is 0 Å². The third kappa shape index (κ3) is 3.58. The van der Waals surface area contributed by atoms with Gasteiger partial charge >= 0.3 is 12.1 Å². The number of pyridine rings is 1. The molecule has 1 aromatic heterocycles. The molecule has 0 bridgehead atoms. The molecule has 2 aromatic rings. The van der Waals surface area contributed by atoms with Gasteiger partial charge in [0.05, 0.1) is 26.3 Å². The van der Waals surface area contributed by atoms with E-state index >= 15 is 0 Å². The summed E-state index contributed by atoms with van der Waals surface area (Å²) in [6.07, 6.45) is -3.47. The molecule has 0 N–H and O–H groups in total. The number of carbonyl (C=O) groups is 1. The molecule has 0 saturated heterocycles. The minimum absolute atomic E-state index is 0.132. The van der Waals surface area contributed by atoms with Gasteiger partial charge in [-0.25, -0.2) is 4.79 Å². The van der Waals surface area contributed by atoms with Crippen molar-refractivity contribution in [2.45, 2.75) is 12.7 Å². The summed E-state index contributed by atoms with van der Waals surface area (Å²) in [6.45, 7) is -0.132. The van der Waals surface area contributed by atoms with E-state index < -0.39 is 23.3 Å². The lowest BCUT2D eigenvalue weighted by Crippen LogP contribution is -2.28. The molecule has 0 atom stereocenters. The van der Waals surface area contributed by atoms with Crippen LogP contribution in [0.15, 0.2) is 41.3 Å². The third-order valence-corrected chi connectivity index (χ3v) is 3.37. The van der Waals surface area contributed by atoms with Gasteiger partial charge in [0.1, 0.15) is 11.3 Å². The number of alkyl halides is 3. The van der Waals surface area contributed by atoms with Crippen molar-refractivity contribution in [2.24, 2.45) is 0 Å². The number of halogens is 3. The first-order valence-corrected chi connectivity index (χ1v) is 6.79. The minimum Gasteiger partial charge on any atom is -0.496 e. The molecule has 128 valence electrons. The summed E-state index contributed by atoms with van der Waals surface area (Å²) < 4.78 is 49.1. The summed E-state index contributed by atoms with van der Waals surface area (Å²) in [5.74, 6) is -0.307. The largest absolute Gasteiger partial charge is 0.496 e. The number of ether oxygens (including phenoxy) is 2. The average Bonchev–Trinajstić information content (AvgIpc) is 2.55. The summed E-state index contributed by atoms with van der Waals surface area (Å²) in [7, 11) is 2.58. The van der Waals surface area contributed by atoms with Crippen LogP contribution in [0, 0.1) is 0 Å². The van der Waals surface area contributed by atoms with Crippen LogP contribution in [0.4, 0.5) is 13.2 Å². The Kier molecular flexibility index (Phi) is 4.96. The maximum Gasteiger partial charge on any atom is 0.421 e. The molecule has 8 heteroatoms. The summed E-state index contributed by atoms with van der Waals surface area (Å²) >= 11 is 0. The van der Waals surface area contributed by atoms with E-state index in [0.29, 0.717) is 5.56 Å². The number of carbonyl (C=O) groups excluding carboxylic acids is 1. The highest BCUT2D eigenvalue weighted by Crippen LogP contribution is 2.26. The molecule has 0 fully saturated rings. The van der Waals surface area contributed by atoms with Crippen LogP contribution >= 0.6 is 0 Å². The zero-order valence-electron chi connectivity index (χ0n) is 12.9. The van der Waals surface area contributed by atoms with Crippen molar-refractivity contribution in [2.75, 3.05) is 14.2 Å². The number of nitrogens with zero attached hydrogens (tertiary/aromatic N) is 1. The molecule has 5 nitrogen and oxygen atoms in total. The lowest BCUT2D eigenvalue weighted by molar-refractivity contribution is -0.138. The van der Waals surface area contributed by atoms with Gasteiger partial charge in [0.25, 0.3) is 5.56 Å². The van der Waals surface area contributed by atoms with Gasteiger partial charge in [-0.1, -0.05) is 6.07 Å². The van der Waals surface area contributed by atoms with Crippen molar-refractivity contribution in [3.63, 3.8) is 0 Å². The van der Waals surface area contributed by atoms with Gasteiger partial charge in [-0.05, 0) is 24.3 Å². The predicted molar refractivity (Wildman–Crippen MR) is 79.1 cm³/mol. The molecule has 1 aromatic carbocycles. The summed E-state index contributed by atoms with van der Waals surface area (Å²) in [5, 5.41) is 0. The maximum absolute atomic E-state index is 12.8. The number of benzene rings is 1. The van der Waals surface area contributed by atoms with Crippen LogP contribution < -0.4 is 10.3 Å². The number of methoxy groups -OCH3 is 2. The lowest BCUT2D eigenvalue weighted by atomic mass is 10.1. The molecule has 0 spiro atoms. The first kappa shape index (κ1) is 17.6. The molecule has 24 heavy (non-hydrogen) atoms. The second-order valence-electron chi connectivity index (χ2n) is 4.87. The molecular weight excluding hydrogens is 327 g/mol. The van der Waals surface area contributed by atoms with Crippen molar-refractivity contribution in [1.82, 2.24) is 4.57 Å². The highest BCUT2D eigenvalue weighted by molar-refractivity contribution is 5.89. The molecule has 0 amide bonds. The molecule has 0 radical (unpaired) electrons. The standard InChI is InChI=1S/C16H14F3NO4/c1-23-13-8-10(15(22)24-2)5-6-11(13)9-20-7-3-4-12(14(20)21)16(17,18)19/h3-8H,9H2,1-2H3. The number of hydrogen-bond donors (Lipinski definition) is 0. The Morgan fingerprint density at radius 3 is 2.50 bits per heavy atom. The minimum atomic E-state index is -4.72. The van der Waals surface area contributed by atoms with Crippen LogP contribution in [0.1, 0.15) is 21.5 Å². The summed E-state index contributed by atoms with van der Waals surface area (Å²) in [6, 6.07) is 6.23. The summed E-state index contributed by atoms with van der Waals surface area (Å²) in [4.78, 5) is 23.5. The van der Waals surface area contributed by atoms with E-state index in [1.54, 1.807) is 0 Å². The molecule has 1 heterocycles. The van der Waals surface area contributed by atoms with Gasteiger partial charge in [0.15, 0.2) is 0 Å². The monoisotopic (exact) mass is 341 g/mol. The Morgan fingerprint density at radius 2 is 1.92 bits per heavy atom. The number of rotatable bonds is 4.